The monoisotopic (exact) mass is 527 g/mol. The molecule has 0 unspecified atom stereocenters. The van der Waals surface area contributed by atoms with Gasteiger partial charge in [-0.15, -0.1) is 0 Å². The molecule has 0 aliphatic carbocycles. The van der Waals surface area contributed by atoms with Gasteiger partial charge in [0, 0.05) is 6.54 Å². The molecule has 4 aromatic rings. The van der Waals surface area contributed by atoms with Gasteiger partial charge in [0.15, 0.2) is 0 Å². The van der Waals surface area contributed by atoms with E-state index in [0.717, 1.165) is 9.87 Å². The molecule has 4 rings (SSSR count). The number of aryl methyl sites for hydroxylation is 1. The third-order valence-electron chi connectivity index (χ3n) is 5.99. The zero-order valence-electron chi connectivity index (χ0n) is 21.0. The molecular weight excluding hydrogens is 498 g/mol. The van der Waals surface area contributed by atoms with Crippen LogP contribution in [0.3, 0.4) is 0 Å². The fraction of sp³-hybridized carbons (Fsp3) is 0.133. The van der Waals surface area contributed by atoms with E-state index >= 15 is 0 Å². The number of carbonyl (C=O) groups is 2. The molecule has 4 aromatic carbocycles. The number of rotatable bonds is 10. The second kappa shape index (κ2) is 12.2. The maximum atomic E-state index is 13.6. The van der Waals surface area contributed by atoms with E-state index in [1.807, 2.05) is 30.3 Å². The number of hydrogen-bond donors (Lipinski definition) is 2. The highest BCUT2D eigenvalue weighted by atomic mass is 32.2. The van der Waals surface area contributed by atoms with Crippen molar-refractivity contribution in [3.63, 3.8) is 0 Å². The van der Waals surface area contributed by atoms with Gasteiger partial charge in [-0.2, -0.15) is 0 Å². The van der Waals surface area contributed by atoms with E-state index < -0.39 is 22.5 Å². The second-order valence-corrected chi connectivity index (χ2v) is 10.6. The number of amides is 2. The van der Waals surface area contributed by atoms with Gasteiger partial charge in [-0.3, -0.25) is 13.9 Å². The predicted molar refractivity (Wildman–Crippen MR) is 150 cm³/mol. The lowest BCUT2D eigenvalue weighted by atomic mass is 10.1. The van der Waals surface area contributed by atoms with E-state index in [4.69, 9.17) is 0 Å². The number of sulfonamides is 1. The van der Waals surface area contributed by atoms with Crippen molar-refractivity contribution >= 4 is 33.2 Å². The smallest absolute Gasteiger partial charge is 0.264 e. The Morgan fingerprint density at radius 3 is 2.08 bits per heavy atom. The first-order valence-electron chi connectivity index (χ1n) is 12.2. The molecular formula is C30H29N3O4S. The number of anilines is 2. The molecule has 0 spiro atoms. The van der Waals surface area contributed by atoms with Gasteiger partial charge in [0.05, 0.1) is 21.8 Å². The first-order valence-corrected chi connectivity index (χ1v) is 13.6. The minimum Gasteiger partial charge on any atom is -0.352 e. The Balaban J connectivity index is 1.52. The first kappa shape index (κ1) is 26.6. The van der Waals surface area contributed by atoms with Crippen molar-refractivity contribution in [1.29, 1.82) is 0 Å². The summed E-state index contributed by atoms with van der Waals surface area (Å²) in [5.41, 5.74) is 2.81. The molecule has 0 aliphatic heterocycles. The number of benzene rings is 4. The van der Waals surface area contributed by atoms with Crippen LogP contribution in [0.1, 0.15) is 21.5 Å². The number of hydrogen-bond acceptors (Lipinski definition) is 4. The van der Waals surface area contributed by atoms with Gasteiger partial charge in [-0.1, -0.05) is 78.9 Å². The zero-order valence-corrected chi connectivity index (χ0v) is 21.8. The SMILES string of the molecule is Cc1ccccc1N(CC(=O)Nc1ccccc1C(=O)NCCc1ccccc1)S(=O)(=O)c1ccccc1. The molecule has 0 radical (unpaired) electrons. The highest BCUT2D eigenvalue weighted by molar-refractivity contribution is 7.92. The van der Waals surface area contributed by atoms with Gasteiger partial charge >= 0.3 is 0 Å². The summed E-state index contributed by atoms with van der Waals surface area (Å²) in [7, 11) is -4.04. The largest absolute Gasteiger partial charge is 0.352 e. The highest BCUT2D eigenvalue weighted by Gasteiger charge is 2.28. The van der Waals surface area contributed by atoms with E-state index in [9.17, 15) is 18.0 Å². The number of para-hydroxylation sites is 2. The summed E-state index contributed by atoms with van der Waals surface area (Å²) < 4.78 is 28.2. The summed E-state index contributed by atoms with van der Waals surface area (Å²) in [6.45, 7) is 1.75. The molecule has 0 saturated heterocycles. The summed E-state index contributed by atoms with van der Waals surface area (Å²) >= 11 is 0. The van der Waals surface area contributed by atoms with Crippen LogP contribution in [0, 0.1) is 6.92 Å². The van der Waals surface area contributed by atoms with Crippen LogP contribution in [-0.2, 0) is 21.2 Å². The van der Waals surface area contributed by atoms with Crippen LogP contribution in [-0.4, -0.2) is 33.3 Å². The van der Waals surface area contributed by atoms with Crippen molar-refractivity contribution in [3.05, 3.63) is 126 Å². The quantitative estimate of drug-likeness (QED) is 0.310. The lowest BCUT2D eigenvalue weighted by Crippen LogP contribution is -2.39. The molecule has 0 aliphatic rings. The maximum Gasteiger partial charge on any atom is 0.264 e. The van der Waals surface area contributed by atoms with E-state index in [2.05, 4.69) is 10.6 Å². The minimum absolute atomic E-state index is 0.0780. The number of nitrogens with zero attached hydrogens (tertiary/aromatic N) is 1. The molecule has 38 heavy (non-hydrogen) atoms. The Hall–Kier alpha value is -4.43. The van der Waals surface area contributed by atoms with Crippen molar-refractivity contribution in [2.75, 3.05) is 22.7 Å². The van der Waals surface area contributed by atoms with Gasteiger partial charge in [0.2, 0.25) is 5.91 Å². The predicted octanol–water partition coefficient (Wildman–Crippen LogP) is 4.80. The average molecular weight is 528 g/mol. The molecule has 7 nitrogen and oxygen atoms in total. The van der Waals surface area contributed by atoms with E-state index in [-0.39, 0.29) is 10.8 Å². The van der Waals surface area contributed by atoms with Crippen molar-refractivity contribution in [2.45, 2.75) is 18.2 Å². The Labute approximate surface area is 223 Å². The van der Waals surface area contributed by atoms with Crippen LogP contribution in [0.5, 0.6) is 0 Å². The van der Waals surface area contributed by atoms with Crippen molar-refractivity contribution in [1.82, 2.24) is 5.32 Å². The summed E-state index contributed by atoms with van der Waals surface area (Å²) in [4.78, 5) is 26.2. The molecule has 0 atom stereocenters. The third-order valence-corrected chi connectivity index (χ3v) is 7.76. The molecule has 0 saturated carbocycles. The number of nitrogens with one attached hydrogen (secondary N) is 2. The van der Waals surface area contributed by atoms with Gasteiger partial charge in [-0.25, -0.2) is 8.42 Å². The van der Waals surface area contributed by atoms with Crippen molar-refractivity contribution < 1.29 is 18.0 Å². The standard InChI is InChI=1S/C30H29N3O4S/c1-23-12-8-11-19-28(23)33(38(36,37)25-15-6-3-7-16-25)22-29(34)32-27-18-10-9-17-26(27)30(35)31-21-20-24-13-4-2-5-14-24/h2-19H,20-22H2,1H3,(H,31,35)(H,32,34). The highest BCUT2D eigenvalue weighted by Crippen LogP contribution is 2.27. The fourth-order valence-electron chi connectivity index (χ4n) is 4.03. The summed E-state index contributed by atoms with van der Waals surface area (Å²) in [5.74, 6) is -0.901. The fourth-order valence-corrected chi connectivity index (χ4v) is 5.54. The first-order chi connectivity index (χ1) is 18.4. The number of carbonyl (C=O) groups excluding carboxylic acids is 2. The van der Waals surface area contributed by atoms with Crippen LogP contribution in [0.25, 0.3) is 0 Å². The van der Waals surface area contributed by atoms with Gasteiger partial charge in [0.1, 0.15) is 6.54 Å². The summed E-state index contributed by atoms with van der Waals surface area (Å²) in [6, 6.07) is 31.4. The van der Waals surface area contributed by atoms with Gasteiger partial charge < -0.3 is 10.6 Å². The molecule has 0 heterocycles. The minimum atomic E-state index is -4.04. The topological polar surface area (TPSA) is 95.6 Å². The summed E-state index contributed by atoms with van der Waals surface area (Å²) in [6.07, 6.45) is 0.670. The Bertz CT molecular complexity index is 1510. The normalized spacial score (nSPS) is 11.0. The van der Waals surface area contributed by atoms with Crippen LogP contribution in [0.2, 0.25) is 0 Å². The average Bonchev–Trinajstić information content (AvgIpc) is 2.93. The Kier molecular flexibility index (Phi) is 8.55. The Morgan fingerprint density at radius 1 is 0.763 bits per heavy atom. The molecule has 2 N–H and O–H groups in total. The molecule has 2 amide bonds. The molecule has 8 heteroatoms. The molecule has 0 aromatic heterocycles. The lowest BCUT2D eigenvalue weighted by molar-refractivity contribution is -0.114. The van der Waals surface area contributed by atoms with Crippen molar-refractivity contribution in [2.24, 2.45) is 0 Å². The maximum absolute atomic E-state index is 13.6. The van der Waals surface area contributed by atoms with Crippen LogP contribution in [0.4, 0.5) is 11.4 Å². The van der Waals surface area contributed by atoms with E-state index in [1.165, 1.54) is 12.1 Å². The van der Waals surface area contributed by atoms with Crippen molar-refractivity contribution in [3.8, 4) is 0 Å². The van der Waals surface area contributed by atoms with E-state index in [1.54, 1.807) is 73.7 Å². The Morgan fingerprint density at radius 2 is 1.37 bits per heavy atom. The van der Waals surface area contributed by atoms with Gasteiger partial charge in [0.25, 0.3) is 15.9 Å². The van der Waals surface area contributed by atoms with E-state index in [0.29, 0.717) is 35.5 Å². The molecule has 0 bridgehead atoms. The molecule has 194 valence electrons. The van der Waals surface area contributed by atoms with Crippen LogP contribution < -0.4 is 14.9 Å². The zero-order chi connectivity index (χ0) is 27.0. The van der Waals surface area contributed by atoms with Crippen LogP contribution >= 0.6 is 0 Å². The summed E-state index contributed by atoms with van der Waals surface area (Å²) in [5, 5.41) is 5.62. The second-order valence-electron chi connectivity index (χ2n) is 8.70. The van der Waals surface area contributed by atoms with Gasteiger partial charge in [-0.05, 0) is 54.8 Å². The van der Waals surface area contributed by atoms with Crippen LogP contribution in [0.15, 0.2) is 114 Å². The molecule has 0 fully saturated rings. The lowest BCUT2D eigenvalue weighted by Gasteiger charge is -2.25. The third kappa shape index (κ3) is 6.46.